The van der Waals surface area contributed by atoms with E-state index in [9.17, 15) is 19.5 Å². The number of carbonyl (C=O) groups is 3. The van der Waals surface area contributed by atoms with Crippen LogP contribution >= 0.6 is 11.6 Å². The van der Waals surface area contributed by atoms with E-state index < -0.39 is 24.0 Å². The first-order valence-electron chi connectivity index (χ1n) is 13.8. The number of rotatable bonds is 12. The Morgan fingerprint density at radius 3 is 2.13 bits per heavy atom. The van der Waals surface area contributed by atoms with Gasteiger partial charge in [-0.05, 0) is 56.0 Å². The fourth-order valence-electron chi connectivity index (χ4n) is 5.04. The molecule has 1 heterocycles. The standard InChI is InChI=1S/C30H40ClN3O4/c1-3-5-10-18-32(19-11-6-4-2)28(35)23-17-20-33(27(21-23)29(36)37)30(38)34(25-14-8-7-9-15-25)26-16-12-13-24(31)22-26/h7-9,12-16,22-23,27H,3-6,10-11,17-21H2,1-2H3,(H,36,37). The summed E-state index contributed by atoms with van der Waals surface area (Å²) in [5, 5.41) is 10.6. The highest BCUT2D eigenvalue weighted by Crippen LogP contribution is 2.32. The van der Waals surface area contributed by atoms with Gasteiger partial charge in [0.15, 0.2) is 0 Å². The molecule has 0 bridgehead atoms. The minimum atomic E-state index is -1.10. The maximum absolute atomic E-state index is 13.9. The van der Waals surface area contributed by atoms with Gasteiger partial charge < -0.3 is 14.9 Å². The van der Waals surface area contributed by atoms with Gasteiger partial charge in [-0.1, -0.05) is 75.4 Å². The first kappa shape index (κ1) is 29.5. The predicted molar refractivity (Wildman–Crippen MR) is 152 cm³/mol. The van der Waals surface area contributed by atoms with E-state index in [1.807, 2.05) is 23.1 Å². The summed E-state index contributed by atoms with van der Waals surface area (Å²) in [4.78, 5) is 44.7. The molecular formula is C30H40ClN3O4. The molecule has 3 amide bonds. The van der Waals surface area contributed by atoms with Crippen LogP contribution in [0.25, 0.3) is 0 Å². The minimum Gasteiger partial charge on any atom is -0.480 e. The van der Waals surface area contributed by atoms with Gasteiger partial charge in [0.05, 0.1) is 11.4 Å². The van der Waals surface area contributed by atoms with E-state index in [1.54, 1.807) is 36.4 Å². The van der Waals surface area contributed by atoms with Crippen LogP contribution in [-0.2, 0) is 9.59 Å². The Hall–Kier alpha value is -3.06. The number of anilines is 2. The number of hydrogen-bond acceptors (Lipinski definition) is 3. The number of amides is 3. The molecule has 2 aromatic carbocycles. The number of halogens is 1. The second-order valence-corrected chi connectivity index (χ2v) is 10.4. The van der Waals surface area contributed by atoms with Crippen molar-refractivity contribution in [1.82, 2.24) is 9.80 Å². The molecule has 0 aromatic heterocycles. The highest BCUT2D eigenvalue weighted by atomic mass is 35.5. The van der Waals surface area contributed by atoms with E-state index in [0.717, 1.165) is 38.5 Å². The van der Waals surface area contributed by atoms with Crippen LogP contribution in [0, 0.1) is 5.92 Å². The first-order valence-corrected chi connectivity index (χ1v) is 14.2. The lowest BCUT2D eigenvalue weighted by atomic mass is 9.89. The molecule has 0 saturated carbocycles. The summed E-state index contributed by atoms with van der Waals surface area (Å²) in [5.74, 6) is -1.50. The predicted octanol–water partition coefficient (Wildman–Crippen LogP) is 6.97. The number of likely N-dealkylation sites (tertiary alicyclic amines) is 1. The molecule has 1 aliphatic heterocycles. The molecule has 0 radical (unpaired) electrons. The zero-order valence-electron chi connectivity index (χ0n) is 22.5. The number of hydrogen-bond donors (Lipinski definition) is 1. The van der Waals surface area contributed by atoms with Crippen molar-refractivity contribution in [2.24, 2.45) is 5.92 Å². The van der Waals surface area contributed by atoms with Gasteiger partial charge in [-0.15, -0.1) is 0 Å². The molecule has 38 heavy (non-hydrogen) atoms. The van der Waals surface area contributed by atoms with Gasteiger partial charge in [0.25, 0.3) is 0 Å². The molecule has 0 spiro atoms. The molecule has 1 fully saturated rings. The lowest BCUT2D eigenvalue weighted by molar-refractivity contribution is -0.146. The monoisotopic (exact) mass is 541 g/mol. The summed E-state index contributed by atoms with van der Waals surface area (Å²) in [6, 6.07) is 14.5. The third-order valence-electron chi connectivity index (χ3n) is 7.13. The molecule has 206 valence electrons. The van der Waals surface area contributed by atoms with Crippen molar-refractivity contribution in [3.05, 3.63) is 59.6 Å². The zero-order chi connectivity index (χ0) is 27.5. The number of para-hydroxylation sites is 1. The molecule has 1 aliphatic rings. The van der Waals surface area contributed by atoms with Crippen molar-refractivity contribution in [1.29, 1.82) is 0 Å². The van der Waals surface area contributed by atoms with Gasteiger partial charge in [-0.25, -0.2) is 9.59 Å². The topological polar surface area (TPSA) is 81.2 Å². The number of urea groups is 1. The van der Waals surface area contributed by atoms with Crippen molar-refractivity contribution in [3.8, 4) is 0 Å². The van der Waals surface area contributed by atoms with E-state index in [2.05, 4.69) is 13.8 Å². The maximum Gasteiger partial charge on any atom is 0.329 e. The lowest BCUT2D eigenvalue weighted by Gasteiger charge is -2.40. The molecule has 8 heteroatoms. The average molecular weight is 542 g/mol. The van der Waals surface area contributed by atoms with E-state index in [1.165, 1.54) is 9.80 Å². The molecule has 2 aromatic rings. The van der Waals surface area contributed by atoms with Crippen molar-refractivity contribution < 1.29 is 19.5 Å². The van der Waals surface area contributed by atoms with Gasteiger partial charge in [-0.3, -0.25) is 9.69 Å². The quantitative estimate of drug-likeness (QED) is 0.294. The van der Waals surface area contributed by atoms with E-state index in [0.29, 0.717) is 35.9 Å². The number of carboxylic acids is 1. The lowest BCUT2D eigenvalue weighted by Crippen LogP contribution is -2.55. The molecule has 0 aliphatic carbocycles. The number of nitrogens with zero attached hydrogens (tertiary/aromatic N) is 3. The number of carboxylic acid groups (broad SMARTS) is 1. The summed E-state index contributed by atoms with van der Waals surface area (Å²) in [6.07, 6.45) is 6.69. The summed E-state index contributed by atoms with van der Waals surface area (Å²) in [6.45, 7) is 5.85. The van der Waals surface area contributed by atoms with Gasteiger partial charge in [-0.2, -0.15) is 0 Å². The van der Waals surface area contributed by atoms with E-state index in [4.69, 9.17) is 11.6 Å². The van der Waals surface area contributed by atoms with Crippen LogP contribution in [0.5, 0.6) is 0 Å². The van der Waals surface area contributed by atoms with Crippen LogP contribution < -0.4 is 4.90 Å². The van der Waals surface area contributed by atoms with Crippen LogP contribution in [0.2, 0.25) is 5.02 Å². The molecule has 7 nitrogen and oxygen atoms in total. The maximum atomic E-state index is 13.9. The van der Waals surface area contributed by atoms with Crippen LogP contribution in [-0.4, -0.2) is 58.5 Å². The van der Waals surface area contributed by atoms with Crippen molar-refractivity contribution >= 4 is 40.9 Å². The van der Waals surface area contributed by atoms with Crippen LogP contribution in [0.3, 0.4) is 0 Å². The molecule has 2 unspecified atom stereocenters. The van der Waals surface area contributed by atoms with Crippen molar-refractivity contribution in [2.45, 2.75) is 71.3 Å². The SMILES string of the molecule is CCCCCN(CCCCC)C(=O)C1CCN(C(=O)N(c2ccccc2)c2cccc(Cl)c2)C(C(=O)O)C1. The van der Waals surface area contributed by atoms with Crippen LogP contribution in [0.15, 0.2) is 54.6 Å². The Bertz CT molecular complexity index is 1050. The smallest absolute Gasteiger partial charge is 0.329 e. The Morgan fingerprint density at radius 2 is 1.55 bits per heavy atom. The van der Waals surface area contributed by atoms with Gasteiger partial charge in [0.2, 0.25) is 5.91 Å². The molecule has 3 rings (SSSR count). The number of benzene rings is 2. The molecule has 1 N–H and O–H groups in total. The van der Waals surface area contributed by atoms with Crippen molar-refractivity contribution in [2.75, 3.05) is 24.5 Å². The molecular weight excluding hydrogens is 502 g/mol. The highest BCUT2D eigenvalue weighted by Gasteiger charge is 2.41. The van der Waals surface area contributed by atoms with Gasteiger partial charge in [0, 0.05) is 30.6 Å². The fraction of sp³-hybridized carbons (Fsp3) is 0.500. The molecule has 2 atom stereocenters. The van der Waals surface area contributed by atoms with Crippen LogP contribution in [0.4, 0.5) is 16.2 Å². The number of piperidine rings is 1. The molecule has 1 saturated heterocycles. The van der Waals surface area contributed by atoms with Crippen molar-refractivity contribution in [3.63, 3.8) is 0 Å². The summed E-state index contributed by atoms with van der Waals surface area (Å²) >= 11 is 6.23. The summed E-state index contributed by atoms with van der Waals surface area (Å²) < 4.78 is 0. The zero-order valence-corrected chi connectivity index (χ0v) is 23.3. The average Bonchev–Trinajstić information content (AvgIpc) is 2.92. The second kappa shape index (κ2) is 14.8. The third kappa shape index (κ3) is 7.73. The second-order valence-electron chi connectivity index (χ2n) is 9.94. The number of carbonyl (C=O) groups excluding carboxylic acids is 2. The van der Waals surface area contributed by atoms with E-state index in [-0.39, 0.29) is 18.9 Å². The first-order chi connectivity index (χ1) is 18.4. The largest absolute Gasteiger partial charge is 0.480 e. The Kier molecular flexibility index (Phi) is 11.5. The normalized spacial score (nSPS) is 17.2. The van der Waals surface area contributed by atoms with E-state index >= 15 is 0 Å². The van der Waals surface area contributed by atoms with Gasteiger partial charge in [0.1, 0.15) is 6.04 Å². The number of aliphatic carboxylic acids is 1. The van der Waals surface area contributed by atoms with Gasteiger partial charge >= 0.3 is 12.0 Å². The third-order valence-corrected chi connectivity index (χ3v) is 7.36. The fourth-order valence-corrected chi connectivity index (χ4v) is 5.22. The minimum absolute atomic E-state index is 0.0188. The van der Waals surface area contributed by atoms with Crippen LogP contribution in [0.1, 0.15) is 65.2 Å². The Morgan fingerprint density at radius 1 is 0.921 bits per heavy atom. The Balaban J connectivity index is 1.82. The Labute approximate surface area is 231 Å². The highest BCUT2D eigenvalue weighted by molar-refractivity contribution is 6.31. The number of unbranched alkanes of at least 4 members (excludes halogenated alkanes) is 4. The summed E-state index contributed by atoms with van der Waals surface area (Å²) in [5.41, 5.74) is 1.16. The summed E-state index contributed by atoms with van der Waals surface area (Å²) in [7, 11) is 0.